The zero-order valence-corrected chi connectivity index (χ0v) is 15.5. The first-order valence-electron chi connectivity index (χ1n) is 8.51. The molecule has 27 heavy (non-hydrogen) atoms. The van der Waals surface area contributed by atoms with Crippen LogP contribution in [0.4, 0.5) is 5.13 Å². The number of rotatable bonds is 5. The van der Waals surface area contributed by atoms with Gasteiger partial charge in [-0.1, -0.05) is 48.5 Å². The van der Waals surface area contributed by atoms with Crippen LogP contribution in [-0.2, 0) is 11.3 Å². The van der Waals surface area contributed by atoms with Gasteiger partial charge in [0.05, 0.1) is 5.69 Å². The van der Waals surface area contributed by atoms with Gasteiger partial charge >= 0.3 is 0 Å². The number of nitrogens with one attached hydrogen (secondary N) is 1. The van der Waals surface area contributed by atoms with Crippen LogP contribution >= 0.6 is 11.3 Å². The van der Waals surface area contributed by atoms with E-state index in [0.29, 0.717) is 10.7 Å². The lowest BCUT2D eigenvalue weighted by atomic mass is 10.1. The number of thiazole rings is 1. The van der Waals surface area contributed by atoms with E-state index in [1.165, 1.54) is 11.3 Å². The fourth-order valence-corrected chi connectivity index (χ4v) is 3.98. The second-order valence-corrected chi connectivity index (χ2v) is 7.39. The highest BCUT2D eigenvalue weighted by atomic mass is 32.1. The minimum absolute atomic E-state index is 0.119. The van der Waals surface area contributed by atoms with Crippen molar-refractivity contribution in [1.82, 2.24) is 9.55 Å². The molecule has 4 rings (SSSR count). The maximum atomic E-state index is 12.5. The number of aryl methyl sites for hydroxylation is 1. The van der Waals surface area contributed by atoms with Gasteiger partial charge in [-0.05, 0) is 13.0 Å². The van der Waals surface area contributed by atoms with Gasteiger partial charge in [0.2, 0.25) is 5.91 Å². The molecule has 4 aromatic rings. The van der Waals surface area contributed by atoms with Crippen LogP contribution in [0.3, 0.4) is 0 Å². The largest absolute Gasteiger partial charge is 0.337 e. The lowest BCUT2D eigenvalue weighted by Gasteiger charge is -2.05. The van der Waals surface area contributed by atoms with Crippen molar-refractivity contribution in [2.24, 2.45) is 0 Å². The number of fused-ring (bicyclic) bond motifs is 1. The van der Waals surface area contributed by atoms with Crippen LogP contribution in [0.15, 0.2) is 60.8 Å². The summed E-state index contributed by atoms with van der Waals surface area (Å²) in [5.41, 5.74) is 3.34. The molecular formula is C21H17N3O2S. The number of nitrogens with zero attached hydrogens (tertiary/aromatic N) is 2. The molecule has 0 aliphatic heterocycles. The molecule has 2 aromatic carbocycles. The molecule has 0 radical (unpaired) electrons. The summed E-state index contributed by atoms with van der Waals surface area (Å²) in [4.78, 5) is 29.4. The Morgan fingerprint density at radius 1 is 1.15 bits per heavy atom. The second kappa shape index (κ2) is 7.17. The molecule has 1 amide bonds. The number of amides is 1. The standard InChI is InChI=1S/C21H17N3O2S/c1-14-20(15-7-3-2-4-8-15)23-21(27-14)22-19(26)12-24-11-16(13-25)17-9-5-6-10-18(17)24/h2-11,13H,12H2,1H3,(H,22,23,26). The van der Waals surface area contributed by atoms with Crippen molar-refractivity contribution in [3.63, 3.8) is 0 Å². The van der Waals surface area contributed by atoms with Crippen molar-refractivity contribution in [1.29, 1.82) is 0 Å². The van der Waals surface area contributed by atoms with Gasteiger partial charge in [0.15, 0.2) is 11.4 Å². The number of carbonyl (C=O) groups is 2. The SMILES string of the molecule is Cc1sc(NC(=O)Cn2cc(C=O)c3ccccc32)nc1-c1ccccc1. The number of para-hydroxylation sites is 1. The molecule has 6 heteroatoms. The van der Waals surface area contributed by atoms with E-state index in [4.69, 9.17) is 0 Å². The average molecular weight is 375 g/mol. The third-order valence-electron chi connectivity index (χ3n) is 4.35. The van der Waals surface area contributed by atoms with Crippen LogP contribution in [0.25, 0.3) is 22.2 Å². The first kappa shape index (κ1) is 17.2. The summed E-state index contributed by atoms with van der Waals surface area (Å²) >= 11 is 1.45. The molecule has 0 aliphatic carbocycles. The third-order valence-corrected chi connectivity index (χ3v) is 5.24. The Morgan fingerprint density at radius 3 is 2.67 bits per heavy atom. The number of carbonyl (C=O) groups excluding carboxylic acids is 2. The highest BCUT2D eigenvalue weighted by Gasteiger charge is 2.14. The molecule has 0 atom stereocenters. The van der Waals surface area contributed by atoms with Crippen molar-refractivity contribution in [2.45, 2.75) is 13.5 Å². The normalized spacial score (nSPS) is 10.9. The highest BCUT2D eigenvalue weighted by Crippen LogP contribution is 2.30. The topological polar surface area (TPSA) is 64.0 Å². The first-order valence-corrected chi connectivity index (χ1v) is 9.33. The summed E-state index contributed by atoms with van der Waals surface area (Å²) < 4.78 is 1.78. The maximum absolute atomic E-state index is 12.5. The highest BCUT2D eigenvalue weighted by molar-refractivity contribution is 7.16. The van der Waals surface area contributed by atoms with Crippen LogP contribution in [0, 0.1) is 6.92 Å². The first-order chi connectivity index (χ1) is 13.2. The van der Waals surface area contributed by atoms with E-state index < -0.39 is 0 Å². The Kier molecular flexibility index (Phi) is 4.56. The van der Waals surface area contributed by atoms with E-state index in [0.717, 1.165) is 33.3 Å². The summed E-state index contributed by atoms with van der Waals surface area (Å²) in [5.74, 6) is -0.179. The fourth-order valence-electron chi connectivity index (χ4n) is 3.13. The van der Waals surface area contributed by atoms with Crippen molar-refractivity contribution < 1.29 is 9.59 Å². The zero-order valence-electron chi connectivity index (χ0n) is 14.7. The minimum Gasteiger partial charge on any atom is -0.337 e. The third kappa shape index (κ3) is 3.39. The molecule has 134 valence electrons. The quantitative estimate of drug-likeness (QED) is 0.522. The van der Waals surface area contributed by atoms with Crippen molar-refractivity contribution in [2.75, 3.05) is 5.32 Å². The minimum atomic E-state index is -0.179. The molecule has 0 saturated carbocycles. The molecule has 0 spiro atoms. The van der Waals surface area contributed by atoms with Crippen LogP contribution in [0.5, 0.6) is 0 Å². The number of benzene rings is 2. The van der Waals surface area contributed by atoms with Gasteiger partial charge in [0.25, 0.3) is 0 Å². The van der Waals surface area contributed by atoms with Gasteiger partial charge in [-0.2, -0.15) is 0 Å². The molecule has 5 nitrogen and oxygen atoms in total. The Bertz CT molecular complexity index is 1130. The summed E-state index contributed by atoms with van der Waals surface area (Å²) in [6.07, 6.45) is 2.52. The molecule has 0 fully saturated rings. The smallest absolute Gasteiger partial charge is 0.246 e. The van der Waals surface area contributed by atoms with E-state index in [-0.39, 0.29) is 12.5 Å². The number of anilines is 1. The van der Waals surface area contributed by atoms with E-state index in [2.05, 4.69) is 10.3 Å². The molecule has 2 heterocycles. The maximum Gasteiger partial charge on any atom is 0.246 e. The summed E-state index contributed by atoms with van der Waals surface area (Å²) in [6.45, 7) is 2.11. The number of aldehydes is 1. The Hall–Kier alpha value is -3.25. The van der Waals surface area contributed by atoms with Crippen LogP contribution in [-0.4, -0.2) is 21.7 Å². The summed E-state index contributed by atoms with van der Waals surface area (Å²) in [6, 6.07) is 17.4. The van der Waals surface area contributed by atoms with Crippen LogP contribution in [0.2, 0.25) is 0 Å². The molecule has 0 aliphatic rings. The fraction of sp³-hybridized carbons (Fsp3) is 0.0952. The van der Waals surface area contributed by atoms with Gasteiger partial charge in [-0.25, -0.2) is 4.98 Å². The van der Waals surface area contributed by atoms with Crippen molar-refractivity contribution >= 4 is 39.6 Å². The van der Waals surface area contributed by atoms with Gasteiger partial charge in [-0.15, -0.1) is 11.3 Å². The van der Waals surface area contributed by atoms with Crippen molar-refractivity contribution in [3.8, 4) is 11.3 Å². The lowest BCUT2D eigenvalue weighted by Crippen LogP contribution is -2.18. The Morgan fingerprint density at radius 2 is 1.89 bits per heavy atom. The predicted octanol–water partition coefficient (Wildman–Crippen LogP) is 4.52. The summed E-state index contributed by atoms with van der Waals surface area (Å²) in [5, 5.41) is 4.29. The van der Waals surface area contributed by atoms with Gasteiger partial charge in [0, 0.05) is 33.1 Å². The molecule has 0 saturated heterocycles. The van der Waals surface area contributed by atoms with Crippen LogP contribution in [0.1, 0.15) is 15.2 Å². The monoisotopic (exact) mass is 375 g/mol. The molecule has 1 N–H and O–H groups in total. The number of hydrogen-bond donors (Lipinski definition) is 1. The zero-order chi connectivity index (χ0) is 18.8. The van der Waals surface area contributed by atoms with E-state index in [1.54, 1.807) is 10.8 Å². The van der Waals surface area contributed by atoms with Gasteiger partial charge in [0.1, 0.15) is 6.54 Å². The predicted molar refractivity (Wildman–Crippen MR) is 108 cm³/mol. The van der Waals surface area contributed by atoms with Crippen LogP contribution < -0.4 is 5.32 Å². The molecular weight excluding hydrogens is 358 g/mol. The molecule has 0 bridgehead atoms. The van der Waals surface area contributed by atoms with E-state index >= 15 is 0 Å². The van der Waals surface area contributed by atoms with Gasteiger partial charge < -0.3 is 9.88 Å². The van der Waals surface area contributed by atoms with E-state index in [9.17, 15) is 9.59 Å². The number of aromatic nitrogens is 2. The molecule has 2 aromatic heterocycles. The van der Waals surface area contributed by atoms with E-state index in [1.807, 2.05) is 61.5 Å². The molecule has 0 unspecified atom stereocenters. The second-order valence-electron chi connectivity index (χ2n) is 6.19. The Labute approximate surface area is 160 Å². The van der Waals surface area contributed by atoms with Gasteiger partial charge in [-0.3, -0.25) is 9.59 Å². The average Bonchev–Trinajstić information content (AvgIpc) is 3.22. The summed E-state index contributed by atoms with van der Waals surface area (Å²) in [7, 11) is 0. The lowest BCUT2D eigenvalue weighted by molar-refractivity contribution is -0.116. The van der Waals surface area contributed by atoms with Crippen molar-refractivity contribution in [3.05, 3.63) is 71.2 Å². The Balaban J connectivity index is 1.55. The number of hydrogen-bond acceptors (Lipinski definition) is 4.